The molecule has 1 amide bonds. The van der Waals surface area contributed by atoms with Crippen molar-refractivity contribution in [2.75, 3.05) is 38.4 Å². The van der Waals surface area contributed by atoms with Crippen molar-refractivity contribution in [1.29, 1.82) is 5.26 Å². The van der Waals surface area contributed by atoms with E-state index in [1.165, 1.54) is 32.3 Å². The van der Waals surface area contributed by atoms with Crippen LogP contribution < -0.4 is 10.2 Å². The first-order valence-corrected chi connectivity index (χ1v) is 9.16. The Morgan fingerprint density at radius 2 is 1.77 bits per heavy atom. The molecule has 8 heteroatoms. The fraction of sp³-hybridized carbons (Fsp3) is 0.222. The van der Waals surface area contributed by atoms with Gasteiger partial charge in [0.2, 0.25) is 10.0 Å². The molecule has 0 bridgehead atoms. The summed E-state index contributed by atoms with van der Waals surface area (Å²) in [7, 11) is 2.84. The Morgan fingerprint density at radius 1 is 1.08 bits per heavy atom. The van der Waals surface area contributed by atoms with Crippen LogP contribution in [0.15, 0.2) is 47.4 Å². The molecular weight excluding hydrogens is 352 g/mol. The highest BCUT2D eigenvalue weighted by molar-refractivity contribution is 7.89. The lowest BCUT2D eigenvalue weighted by atomic mass is 10.1. The number of sulfonamides is 1. The van der Waals surface area contributed by atoms with E-state index in [0.29, 0.717) is 22.5 Å². The molecule has 0 aliphatic rings. The van der Waals surface area contributed by atoms with E-state index >= 15 is 0 Å². The van der Waals surface area contributed by atoms with Crippen LogP contribution in [0.1, 0.15) is 15.9 Å². The van der Waals surface area contributed by atoms with E-state index in [2.05, 4.69) is 5.32 Å². The summed E-state index contributed by atoms with van der Waals surface area (Å²) >= 11 is 0. The fourth-order valence-corrected chi connectivity index (χ4v) is 3.23. The maximum absolute atomic E-state index is 12.6. The van der Waals surface area contributed by atoms with E-state index in [1.54, 1.807) is 43.3 Å². The first-order valence-electron chi connectivity index (χ1n) is 7.72. The van der Waals surface area contributed by atoms with Crippen molar-refractivity contribution in [3.05, 3.63) is 53.6 Å². The summed E-state index contributed by atoms with van der Waals surface area (Å²) in [6, 6.07) is 12.8. The molecule has 1 N–H and O–H groups in total. The first-order chi connectivity index (χ1) is 12.2. The standard InChI is InChI=1S/C18H20N4O3S/c1-21(2)17-9-8-15(26(24,25)22(3)4)11-16(17)20-18(23)14-7-5-6-13(10-14)12-19/h5-11H,1-4H3,(H,20,23). The number of benzene rings is 2. The van der Waals surface area contributed by atoms with Crippen molar-refractivity contribution >= 4 is 27.3 Å². The Morgan fingerprint density at radius 3 is 2.35 bits per heavy atom. The van der Waals surface area contributed by atoms with Crippen LogP contribution in [0.4, 0.5) is 11.4 Å². The third-order valence-corrected chi connectivity index (χ3v) is 5.54. The number of hydrogen-bond donors (Lipinski definition) is 1. The smallest absolute Gasteiger partial charge is 0.255 e. The van der Waals surface area contributed by atoms with Gasteiger partial charge in [-0.05, 0) is 36.4 Å². The lowest BCUT2D eigenvalue weighted by Gasteiger charge is -2.20. The Balaban J connectivity index is 2.46. The summed E-state index contributed by atoms with van der Waals surface area (Å²) in [5.74, 6) is -0.426. The van der Waals surface area contributed by atoms with E-state index in [0.717, 1.165) is 4.31 Å². The van der Waals surface area contributed by atoms with Gasteiger partial charge in [-0.15, -0.1) is 0 Å². The summed E-state index contributed by atoms with van der Waals surface area (Å²) in [4.78, 5) is 14.4. The van der Waals surface area contributed by atoms with Gasteiger partial charge >= 0.3 is 0 Å². The largest absolute Gasteiger partial charge is 0.376 e. The van der Waals surface area contributed by atoms with Crippen molar-refractivity contribution in [2.45, 2.75) is 4.90 Å². The summed E-state index contributed by atoms with van der Waals surface area (Å²) < 4.78 is 25.8. The van der Waals surface area contributed by atoms with Gasteiger partial charge in [0, 0.05) is 33.8 Å². The highest BCUT2D eigenvalue weighted by Crippen LogP contribution is 2.29. The molecule has 0 radical (unpaired) electrons. The zero-order valence-corrected chi connectivity index (χ0v) is 15.8. The molecule has 0 saturated carbocycles. The maximum Gasteiger partial charge on any atom is 0.255 e. The van der Waals surface area contributed by atoms with Crippen molar-refractivity contribution in [3.63, 3.8) is 0 Å². The number of nitrogens with one attached hydrogen (secondary N) is 1. The first kappa shape index (κ1) is 19.4. The van der Waals surface area contributed by atoms with Crippen LogP contribution in [0.3, 0.4) is 0 Å². The molecule has 2 aromatic rings. The van der Waals surface area contributed by atoms with Gasteiger partial charge in [0.1, 0.15) is 0 Å². The monoisotopic (exact) mass is 372 g/mol. The van der Waals surface area contributed by atoms with Gasteiger partial charge in [0.15, 0.2) is 0 Å². The number of nitriles is 1. The lowest BCUT2D eigenvalue weighted by molar-refractivity contribution is 0.102. The molecule has 0 saturated heterocycles. The number of amides is 1. The Kier molecular flexibility index (Phi) is 5.65. The van der Waals surface area contributed by atoms with E-state index < -0.39 is 15.9 Å². The SMILES string of the molecule is CN(C)c1ccc(S(=O)(=O)N(C)C)cc1NC(=O)c1cccc(C#N)c1. The van der Waals surface area contributed by atoms with Crippen LogP contribution in [-0.2, 0) is 10.0 Å². The second-order valence-corrected chi connectivity index (χ2v) is 8.16. The predicted octanol–water partition coefficient (Wildman–Crippen LogP) is 2.13. The van der Waals surface area contributed by atoms with Crippen molar-refractivity contribution in [2.24, 2.45) is 0 Å². The summed E-state index contributed by atoms with van der Waals surface area (Å²) in [5.41, 5.74) is 1.71. The summed E-state index contributed by atoms with van der Waals surface area (Å²) in [6.45, 7) is 0. The van der Waals surface area contributed by atoms with Crippen LogP contribution in [0.2, 0.25) is 0 Å². The van der Waals surface area contributed by atoms with E-state index in [9.17, 15) is 13.2 Å². The van der Waals surface area contributed by atoms with Gasteiger partial charge in [0.05, 0.1) is 27.9 Å². The highest BCUT2D eigenvalue weighted by atomic mass is 32.2. The predicted molar refractivity (Wildman–Crippen MR) is 101 cm³/mol. The normalized spacial score (nSPS) is 11.1. The van der Waals surface area contributed by atoms with Crippen LogP contribution in [0.25, 0.3) is 0 Å². The Labute approximate surface area is 153 Å². The van der Waals surface area contributed by atoms with Crippen LogP contribution >= 0.6 is 0 Å². The third kappa shape index (κ3) is 4.02. The third-order valence-electron chi connectivity index (χ3n) is 3.73. The number of carbonyl (C=O) groups excluding carboxylic acids is 1. The van der Waals surface area contributed by atoms with Crippen LogP contribution in [0, 0.1) is 11.3 Å². The Hall–Kier alpha value is -2.89. The fourth-order valence-electron chi connectivity index (χ4n) is 2.30. The van der Waals surface area contributed by atoms with Crippen LogP contribution in [-0.4, -0.2) is 46.8 Å². The van der Waals surface area contributed by atoms with Crippen molar-refractivity contribution < 1.29 is 13.2 Å². The number of anilines is 2. The molecular formula is C18H20N4O3S. The molecule has 0 unspecified atom stereocenters. The van der Waals surface area contributed by atoms with E-state index in [-0.39, 0.29) is 4.90 Å². The molecule has 0 aliphatic heterocycles. The molecule has 0 spiro atoms. The summed E-state index contributed by atoms with van der Waals surface area (Å²) in [6.07, 6.45) is 0. The minimum Gasteiger partial charge on any atom is -0.376 e. The number of nitrogens with zero attached hydrogens (tertiary/aromatic N) is 3. The van der Waals surface area contributed by atoms with Gasteiger partial charge in [0.25, 0.3) is 5.91 Å². The molecule has 136 valence electrons. The van der Waals surface area contributed by atoms with E-state index in [1.807, 2.05) is 6.07 Å². The second-order valence-electron chi connectivity index (χ2n) is 6.01. The molecule has 2 rings (SSSR count). The molecule has 0 aliphatic carbocycles. The van der Waals surface area contributed by atoms with Gasteiger partial charge in [-0.3, -0.25) is 4.79 Å². The van der Waals surface area contributed by atoms with Gasteiger partial charge in [-0.1, -0.05) is 6.07 Å². The molecule has 0 heterocycles. The van der Waals surface area contributed by atoms with Gasteiger partial charge < -0.3 is 10.2 Å². The molecule has 0 fully saturated rings. The topological polar surface area (TPSA) is 93.5 Å². The maximum atomic E-state index is 12.6. The minimum atomic E-state index is -3.63. The second kappa shape index (κ2) is 7.56. The molecule has 7 nitrogen and oxygen atoms in total. The minimum absolute atomic E-state index is 0.0779. The average Bonchev–Trinajstić information content (AvgIpc) is 2.61. The van der Waals surface area contributed by atoms with Crippen LogP contribution in [0.5, 0.6) is 0 Å². The Bertz CT molecular complexity index is 976. The quantitative estimate of drug-likeness (QED) is 0.868. The zero-order chi connectivity index (χ0) is 19.5. The van der Waals surface area contributed by atoms with Crippen molar-refractivity contribution in [3.8, 4) is 6.07 Å². The molecule has 0 aromatic heterocycles. The number of carbonyl (C=O) groups is 1. The lowest BCUT2D eigenvalue weighted by Crippen LogP contribution is -2.23. The molecule has 0 atom stereocenters. The van der Waals surface area contributed by atoms with E-state index in [4.69, 9.17) is 5.26 Å². The van der Waals surface area contributed by atoms with Gasteiger partial charge in [-0.25, -0.2) is 12.7 Å². The highest BCUT2D eigenvalue weighted by Gasteiger charge is 2.20. The average molecular weight is 372 g/mol. The van der Waals surface area contributed by atoms with Gasteiger partial charge in [-0.2, -0.15) is 5.26 Å². The molecule has 2 aromatic carbocycles. The number of rotatable bonds is 5. The summed E-state index contributed by atoms with van der Waals surface area (Å²) in [5, 5.41) is 11.7. The number of hydrogen-bond acceptors (Lipinski definition) is 5. The zero-order valence-electron chi connectivity index (χ0n) is 15.0. The molecule has 26 heavy (non-hydrogen) atoms. The van der Waals surface area contributed by atoms with Crippen molar-refractivity contribution in [1.82, 2.24) is 4.31 Å².